The van der Waals surface area contributed by atoms with Crippen LogP contribution in [0.2, 0.25) is 0 Å². The van der Waals surface area contributed by atoms with Crippen LogP contribution in [0.25, 0.3) is 0 Å². The molecule has 1 aliphatic rings. The van der Waals surface area contributed by atoms with Gasteiger partial charge in [0.2, 0.25) is 5.91 Å². The molecule has 1 aliphatic heterocycles. The second kappa shape index (κ2) is 6.44. The maximum atomic E-state index is 13.9. The summed E-state index contributed by atoms with van der Waals surface area (Å²) in [5.74, 6) is -1.58. The Balaban J connectivity index is 1.91. The number of rotatable bonds is 4. The van der Waals surface area contributed by atoms with E-state index in [4.69, 9.17) is 0 Å². The molecule has 1 amide bonds. The van der Waals surface area contributed by atoms with Gasteiger partial charge < -0.3 is 4.90 Å². The molecule has 132 valence electrons. The molecule has 1 saturated heterocycles. The van der Waals surface area contributed by atoms with E-state index in [-0.39, 0.29) is 16.5 Å². The number of amides is 1. The van der Waals surface area contributed by atoms with Crippen molar-refractivity contribution in [2.45, 2.75) is 17.7 Å². The standard InChI is InChI=1S/C17H16F2N2O3S/c1-20(16-11-12(18)4-9-15(16)19)25(23,24)14-7-5-13(6-8-14)21-10-2-3-17(21)22/h4-9,11H,2-3,10H2,1H3. The maximum absolute atomic E-state index is 13.9. The maximum Gasteiger partial charge on any atom is 0.264 e. The summed E-state index contributed by atoms with van der Waals surface area (Å²) in [5.41, 5.74) is 0.236. The molecule has 3 rings (SSSR count). The third-order valence-electron chi connectivity index (χ3n) is 4.13. The first-order valence-electron chi connectivity index (χ1n) is 7.65. The number of benzene rings is 2. The van der Waals surface area contributed by atoms with E-state index >= 15 is 0 Å². The van der Waals surface area contributed by atoms with Gasteiger partial charge in [-0.15, -0.1) is 0 Å². The van der Waals surface area contributed by atoms with Crippen molar-refractivity contribution in [1.82, 2.24) is 0 Å². The molecule has 0 saturated carbocycles. The summed E-state index contributed by atoms with van der Waals surface area (Å²) < 4.78 is 53.2. The normalized spacial score (nSPS) is 14.8. The van der Waals surface area contributed by atoms with Crippen LogP contribution in [-0.2, 0) is 14.8 Å². The summed E-state index contributed by atoms with van der Waals surface area (Å²) in [7, 11) is -2.90. The average molecular weight is 366 g/mol. The van der Waals surface area contributed by atoms with E-state index in [0.29, 0.717) is 23.0 Å². The molecule has 0 aromatic heterocycles. The summed E-state index contributed by atoms with van der Waals surface area (Å²) in [6.07, 6.45) is 1.24. The Morgan fingerprint density at radius 1 is 1.08 bits per heavy atom. The van der Waals surface area contributed by atoms with Crippen LogP contribution in [-0.4, -0.2) is 27.9 Å². The molecule has 0 spiro atoms. The van der Waals surface area contributed by atoms with E-state index in [1.165, 1.54) is 24.3 Å². The van der Waals surface area contributed by atoms with Crippen molar-refractivity contribution in [2.24, 2.45) is 0 Å². The monoisotopic (exact) mass is 366 g/mol. The van der Waals surface area contributed by atoms with Crippen LogP contribution in [0.4, 0.5) is 20.2 Å². The Bertz CT molecular complexity index is 914. The Labute approximate surface area is 144 Å². The predicted octanol–water partition coefficient (Wildman–Crippen LogP) is 2.92. The molecular weight excluding hydrogens is 350 g/mol. The smallest absolute Gasteiger partial charge is 0.264 e. The SMILES string of the molecule is CN(c1cc(F)ccc1F)S(=O)(=O)c1ccc(N2CCCC2=O)cc1. The number of sulfonamides is 1. The van der Waals surface area contributed by atoms with Gasteiger partial charge in [0.25, 0.3) is 10.0 Å². The molecular formula is C17H16F2N2O3S. The van der Waals surface area contributed by atoms with Crippen molar-refractivity contribution >= 4 is 27.3 Å². The van der Waals surface area contributed by atoms with Crippen molar-refractivity contribution in [3.63, 3.8) is 0 Å². The summed E-state index contributed by atoms with van der Waals surface area (Å²) in [5, 5.41) is 0. The lowest BCUT2D eigenvalue weighted by molar-refractivity contribution is -0.117. The number of hydrogen-bond acceptors (Lipinski definition) is 3. The minimum absolute atomic E-state index is 0.00504. The molecule has 0 N–H and O–H groups in total. The molecule has 1 fully saturated rings. The van der Waals surface area contributed by atoms with Crippen LogP contribution in [0.1, 0.15) is 12.8 Å². The van der Waals surface area contributed by atoms with Crippen molar-refractivity contribution in [3.8, 4) is 0 Å². The Morgan fingerprint density at radius 3 is 2.36 bits per heavy atom. The summed E-state index contributed by atoms with van der Waals surface area (Å²) in [6, 6.07) is 8.38. The zero-order chi connectivity index (χ0) is 18.2. The first-order valence-corrected chi connectivity index (χ1v) is 9.09. The van der Waals surface area contributed by atoms with E-state index in [1.807, 2.05) is 0 Å². The van der Waals surface area contributed by atoms with E-state index in [9.17, 15) is 22.0 Å². The van der Waals surface area contributed by atoms with Gasteiger partial charge in [0, 0.05) is 31.8 Å². The second-order valence-corrected chi connectivity index (χ2v) is 7.68. The molecule has 5 nitrogen and oxygen atoms in total. The van der Waals surface area contributed by atoms with Gasteiger partial charge in [-0.05, 0) is 42.8 Å². The van der Waals surface area contributed by atoms with Gasteiger partial charge in [0.1, 0.15) is 11.6 Å². The third-order valence-corrected chi connectivity index (χ3v) is 5.91. The van der Waals surface area contributed by atoms with Crippen LogP contribution in [0.5, 0.6) is 0 Å². The number of carbonyl (C=O) groups excluding carboxylic acids is 1. The number of hydrogen-bond donors (Lipinski definition) is 0. The van der Waals surface area contributed by atoms with Crippen LogP contribution in [0.15, 0.2) is 47.4 Å². The van der Waals surface area contributed by atoms with Crippen LogP contribution in [0.3, 0.4) is 0 Å². The van der Waals surface area contributed by atoms with Crippen molar-refractivity contribution < 1.29 is 22.0 Å². The van der Waals surface area contributed by atoms with Crippen LogP contribution < -0.4 is 9.21 Å². The lowest BCUT2D eigenvalue weighted by Gasteiger charge is -2.21. The summed E-state index contributed by atoms with van der Waals surface area (Å²) in [4.78, 5) is 13.3. The zero-order valence-electron chi connectivity index (χ0n) is 13.4. The highest BCUT2D eigenvalue weighted by Gasteiger charge is 2.26. The van der Waals surface area contributed by atoms with Gasteiger partial charge in [-0.3, -0.25) is 9.10 Å². The average Bonchev–Trinajstić information content (AvgIpc) is 3.02. The second-order valence-electron chi connectivity index (χ2n) is 5.71. The quantitative estimate of drug-likeness (QED) is 0.836. The van der Waals surface area contributed by atoms with Gasteiger partial charge in [-0.25, -0.2) is 17.2 Å². The minimum Gasteiger partial charge on any atom is -0.312 e. The summed E-state index contributed by atoms with van der Waals surface area (Å²) >= 11 is 0. The third kappa shape index (κ3) is 3.21. The number of anilines is 2. The lowest BCUT2D eigenvalue weighted by atomic mass is 10.3. The highest BCUT2D eigenvalue weighted by molar-refractivity contribution is 7.92. The van der Waals surface area contributed by atoms with Gasteiger partial charge in [0.05, 0.1) is 10.6 Å². The van der Waals surface area contributed by atoms with Crippen LogP contribution in [0, 0.1) is 11.6 Å². The van der Waals surface area contributed by atoms with Gasteiger partial charge in [0.15, 0.2) is 0 Å². The van der Waals surface area contributed by atoms with Gasteiger partial charge in [-0.1, -0.05) is 0 Å². The topological polar surface area (TPSA) is 57.7 Å². The van der Waals surface area contributed by atoms with Crippen LogP contribution >= 0.6 is 0 Å². The molecule has 0 bridgehead atoms. The minimum atomic E-state index is -4.06. The van der Waals surface area contributed by atoms with E-state index in [0.717, 1.165) is 31.7 Å². The zero-order valence-corrected chi connectivity index (χ0v) is 14.3. The number of nitrogens with zero attached hydrogens (tertiary/aromatic N) is 2. The highest BCUT2D eigenvalue weighted by atomic mass is 32.2. The molecule has 0 aliphatic carbocycles. The number of halogens is 2. The molecule has 0 radical (unpaired) electrons. The fraction of sp³-hybridized carbons (Fsp3) is 0.235. The van der Waals surface area contributed by atoms with Crippen molar-refractivity contribution in [1.29, 1.82) is 0 Å². The largest absolute Gasteiger partial charge is 0.312 e. The first kappa shape index (κ1) is 17.3. The fourth-order valence-electron chi connectivity index (χ4n) is 2.73. The van der Waals surface area contributed by atoms with E-state index in [1.54, 1.807) is 4.90 Å². The lowest BCUT2D eigenvalue weighted by Crippen LogP contribution is -2.28. The Kier molecular flexibility index (Phi) is 4.47. The van der Waals surface area contributed by atoms with E-state index in [2.05, 4.69) is 0 Å². The Hall–Kier alpha value is -2.48. The molecule has 8 heteroatoms. The van der Waals surface area contributed by atoms with E-state index < -0.39 is 21.7 Å². The summed E-state index contributed by atoms with van der Waals surface area (Å²) in [6.45, 7) is 0.597. The fourth-order valence-corrected chi connectivity index (χ4v) is 3.93. The van der Waals surface area contributed by atoms with Crippen molar-refractivity contribution in [3.05, 3.63) is 54.1 Å². The predicted molar refractivity (Wildman–Crippen MR) is 90.0 cm³/mol. The molecule has 1 heterocycles. The first-order chi connectivity index (χ1) is 11.8. The van der Waals surface area contributed by atoms with Gasteiger partial charge in [-0.2, -0.15) is 0 Å². The van der Waals surface area contributed by atoms with Gasteiger partial charge >= 0.3 is 0 Å². The molecule has 0 unspecified atom stereocenters. The molecule has 25 heavy (non-hydrogen) atoms. The molecule has 0 atom stereocenters. The highest BCUT2D eigenvalue weighted by Crippen LogP contribution is 2.28. The number of carbonyl (C=O) groups is 1. The Morgan fingerprint density at radius 2 is 1.76 bits per heavy atom. The molecule has 2 aromatic carbocycles. The molecule has 2 aromatic rings. The van der Waals surface area contributed by atoms with Crippen molar-refractivity contribution in [2.75, 3.05) is 22.8 Å².